The number of ether oxygens (including phenoxy) is 1. The highest BCUT2D eigenvalue weighted by Gasteiger charge is 2.13. The highest BCUT2D eigenvalue weighted by Crippen LogP contribution is 2.31. The number of nitrogens with zero attached hydrogens (tertiary/aromatic N) is 2. The molecule has 0 atom stereocenters. The molecule has 0 amide bonds. The van der Waals surface area contributed by atoms with Crippen molar-refractivity contribution in [1.82, 2.24) is 0 Å². The summed E-state index contributed by atoms with van der Waals surface area (Å²) in [4.78, 5) is 0.389. The van der Waals surface area contributed by atoms with Gasteiger partial charge in [-0.2, -0.15) is 0 Å². The number of hydrogen-bond donors (Lipinski definition) is 1. The predicted molar refractivity (Wildman–Crippen MR) is 71.2 cm³/mol. The van der Waals surface area contributed by atoms with E-state index >= 15 is 0 Å². The molecule has 0 aromatic heterocycles. The fourth-order valence-electron chi connectivity index (χ4n) is 1.65. The van der Waals surface area contributed by atoms with Gasteiger partial charge in [0.1, 0.15) is 0 Å². The zero-order valence-corrected chi connectivity index (χ0v) is 10.7. The topological polar surface area (TPSA) is 67.9 Å². The first-order valence-corrected chi connectivity index (χ1v) is 5.73. The summed E-state index contributed by atoms with van der Waals surface area (Å²) in [6.45, 7) is 1.83. The van der Waals surface area contributed by atoms with Crippen molar-refractivity contribution in [1.29, 1.82) is 0 Å². The summed E-state index contributed by atoms with van der Waals surface area (Å²) in [5.74, 6) is 0.384. The lowest BCUT2D eigenvalue weighted by atomic mass is 10.2. The number of para-hydroxylation sites is 1. The monoisotopic (exact) mass is 258 g/mol. The molecule has 1 N–H and O–H groups in total. The van der Waals surface area contributed by atoms with Crippen LogP contribution in [-0.2, 0) is 0 Å². The van der Waals surface area contributed by atoms with Gasteiger partial charge in [0.05, 0.1) is 7.11 Å². The molecule has 0 aliphatic rings. The molecule has 0 aliphatic carbocycles. The lowest BCUT2D eigenvalue weighted by molar-refractivity contribution is -0.436. The number of azo groups is 1. The van der Waals surface area contributed by atoms with Crippen molar-refractivity contribution in [3.63, 3.8) is 0 Å². The van der Waals surface area contributed by atoms with E-state index in [0.717, 1.165) is 5.56 Å². The Balaban J connectivity index is 2.45. The fourth-order valence-corrected chi connectivity index (χ4v) is 1.65. The van der Waals surface area contributed by atoms with E-state index in [1.807, 2.05) is 6.92 Å². The first-order valence-electron chi connectivity index (χ1n) is 5.73. The van der Waals surface area contributed by atoms with Gasteiger partial charge in [-0.1, -0.05) is 18.2 Å². The lowest BCUT2D eigenvalue weighted by Crippen LogP contribution is -1.93. The average Bonchev–Trinajstić information content (AvgIpc) is 2.42. The fraction of sp³-hybridized carbons (Fsp3) is 0.143. The maximum absolute atomic E-state index is 12.0. The largest absolute Gasteiger partial charge is 0.594 e. The number of methoxy groups -OCH3 is 1. The van der Waals surface area contributed by atoms with E-state index in [-0.39, 0.29) is 11.4 Å². The molecule has 2 rings (SSSR count). The third-order valence-electron chi connectivity index (χ3n) is 2.62. The second-order valence-corrected chi connectivity index (χ2v) is 4.04. The first-order chi connectivity index (χ1) is 9.11. The second-order valence-electron chi connectivity index (χ2n) is 4.04. The maximum Gasteiger partial charge on any atom is 0.286 e. The van der Waals surface area contributed by atoms with Crippen molar-refractivity contribution in [2.45, 2.75) is 6.92 Å². The third-order valence-corrected chi connectivity index (χ3v) is 2.62. The number of rotatable bonds is 3. The Morgan fingerprint density at radius 1 is 1.21 bits per heavy atom. The number of aryl methyl sites for hydroxylation is 1. The molecule has 0 saturated carbocycles. The summed E-state index contributed by atoms with van der Waals surface area (Å²) in [7, 11) is 1.51. The first kappa shape index (κ1) is 12.9. The van der Waals surface area contributed by atoms with Crippen LogP contribution in [0.4, 0.5) is 11.4 Å². The Morgan fingerprint density at radius 3 is 2.68 bits per heavy atom. The van der Waals surface area contributed by atoms with Gasteiger partial charge in [-0.3, -0.25) is 0 Å². The van der Waals surface area contributed by atoms with Crippen molar-refractivity contribution in [2.75, 3.05) is 7.11 Å². The Hall–Kier alpha value is -2.56. The van der Waals surface area contributed by atoms with E-state index < -0.39 is 0 Å². The number of hydrogen-bond acceptors (Lipinski definition) is 4. The van der Waals surface area contributed by atoms with Crippen LogP contribution in [0.5, 0.6) is 11.5 Å². The molecule has 98 valence electrons. The molecule has 0 unspecified atom stereocenters. The molecule has 0 radical (unpaired) electrons. The second kappa shape index (κ2) is 5.39. The molecule has 0 bridgehead atoms. The summed E-state index contributed by atoms with van der Waals surface area (Å²) in [5.41, 5.74) is 1.37. The number of benzene rings is 2. The smallest absolute Gasteiger partial charge is 0.286 e. The van der Waals surface area contributed by atoms with E-state index in [1.54, 1.807) is 36.4 Å². The molecule has 0 spiro atoms. The van der Waals surface area contributed by atoms with E-state index in [0.29, 0.717) is 16.3 Å². The Bertz CT molecular complexity index is 624. The molecule has 5 heteroatoms. The van der Waals surface area contributed by atoms with Gasteiger partial charge in [0, 0.05) is 11.2 Å². The number of aromatic hydroxyl groups is 1. The summed E-state index contributed by atoms with van der Waals surface area (Å²) in [6.07, 6.45) is 0. The summed E-state index contributed by atoms with van der Waals surface area (Å²) in [6, 6.07) is 11.7. The molecule has 0 heterocycles. The summed E-state index contributed by atoms with van der Waals surface area (Å²) < 4.78 is 5.11. The molecule has 0 saturated heterocycles. The lowest BCUT2D eigenvalue weighted by Gasteiger charge is -2.05. The van der Waals surface area contributed by atoms with Gasteiger partial charge in [0.25, 0.3) is 5.69 Å². The van der Waals surface area contributed by atoms with Crippen LogP contribution in [0.3, 0.4) is 0 Å². The highest BCUT2D eigenvalue weighted by atomic mass is 16.5. The van der Waals surface area contributed by atoms with Crippen molar-refractivity contribution in [3.05, 3.63) is 53.2 Å². The minimum Gasteiger partial charge on any atom is -0.594 e. The van der Waals surface area contributed by atoms with Crippen LogP contribution in [0.2, 0.25) is 0 Å². The van der Waals surface area contributed by atoms with E-state index in [1.165, 1.54) is 13.2 Å². The molecule has 2 aromatic carbocycles. The Morgan fingerprint density at radius 2 is 1.95 bits per heavy atom. The van der Waals surface area contributed by atoms with Crippen LogP contribution in [0.15, 0.2) is 47.6 Å². The van der Waals surface area contributed by atoms with Gasteiger partial charge in [-0.05, 0) is 35.5 Å². The van der Waals surface area contributed by atoms with E-state index in [2.05, 4.69) is 5.11 Å². The number of phenolic OH excluding ortho intramolecular Hbond substituents is 1. The van der Waals surface area contributed by atoms with Gasteiger partial charge in [-0.25, -0.2) is 0 Å². The minimum absolute atomic E-state index is 0.103. The zero-order chi connectivity index (χ0) is 13.8. The van der Waals surface area contributed by atoms with Crippen LogP contribution in [0.1, 0.15) is 5.56 Å². The minimum atomic E-state index is -0.112. The normalized spacial score (nSPS) is 11.4. The van der Waals surface area contributed by atoms with Crippen LogP contribution in [-0.4, -0.2) is 17.1 Å². The molecule has 0 fully saturated rings. The van der Waals surface area contributed by atoms with Gasteiger partial charge in [-0.15, -0.1) is 0 Å². The quantitative estimate of drug-likeness (QED) is 0.519. The SMILES string of the molecule is COc1ccccc1N=[N+]([O-])c1cc(C)ccc1O. The Labute approximate surface area is 111 Å². The van der Waals surface area contributed by atoms with E-state index in [4.69, 9.17) is 4.74 Å². The van der Waals surface area contributed by atoms with Crippen LogP contribution in [0.25, 0.3) is 0 Å². The van der Waals surface area contributed by atoms with Gasteiger partial charge in [0.2, 0.25) is 0 Å². The predicted octanol–water partition coefficient (Wildman–Crippen LogP) is 3.63. The average molecular weight is 258 g/mol. The van der Waals surface area contributed by atoms with Crippen molar-refractivity contribution in [3.8, 4) is 11.5 Å². The maximum atomic E-state index is 12.0. The summed E-state index contributed by atoms with van der Waals surface area (Å²) in [5, 5.41) is 25.6. The van der Waals surface area contributed by atoms with Crippen LogP contribution < -0.4 is 4.74 Å². The molecule has 19 heavy (non-hydrogen) atoms. The molecular formula is C14H14N2O3. The Kier molecular flexibility index (Phi) is 3.66. The highest BCUT2D eigenvalue weighted by molar-refractivity contribution is 5.51. The molecule has 5 nitrogen and oxygen atoms in total. The van der Waals surface area contributed by atoms with Crippen LogP contribution in [0, 0.1) is 12.1 Å². The van der Waals surface area contributed by atoms with Gasteiger partial charge >= 0.3 is 0 Å². The molecule has 2 aromatic rings. The van der Waals surface area contributed by atoms with Crippen molar-refractivity contribution < 1.29 is 14.7 Å². The van der Waals surface area contributed by atoms with Crippen molar-refractivity contribution in [2.24, 2.45) is 5.11 Å². The molecular weight excluding hydrogens is 244 g/mol. The third kappa shape index (κ3) is 2.82. The van der Waals surface area contributed by atoms with Gasteiger partial charge in [0.15, 0.2) is 17.2 Å². The molecule has 0 aliphatic heterocycles. The van der Waals surface area contributed by atoms with Crippen LogP contribution >= 0.6 is 0 Å². The summed E-state index contributed by atoms with van der Waals surface area (Å²) >= 11 is 0. The van der Waals surface area contributed by atoms with E-state index in [9.17, 15) is 10.3 Å². The zero-order valence-electron chi connectivity index (χ0n) is 10.7. The number of phenols is 1. The van der Waals surface area contributed by atoms with Crippen molar-refractivity contribution >= 4 is 11.4 Å². The van der Waals surface area contributed by atoms with Gasteiger partial charge < -0.3 is 15.1 Å². The standard InChI is InChI=1S/C14H14N2O3/c1-10-7-8-13(17)12(9-10)16(18)15-11-5-3-4-6-14(11)19-2/h3-9,17H,1-2H3.